The van der Waals surface area contributed by atoms with Crippen LogP contribution < -0.4 is 10.6 Å². The van der Waals surface area contributed by atoms with Gasteiger partial charge in [0, 0.05) is 6.20 Å². The van der Waals surface area contributed by atoms with E-state index in [4.69, 9.17) is 0 Å². The second kappa shape index (κ2) is 7.27. The molecule has 0 radical (unpaired) electrons. The molecule has 0 saturated carbocycles. The van der Waals surface area contributed by atoms with Gasteiger partial charge in [0.25, 0.3) is 0 Å². The van der Waals surface area contributed by atoms with E-state index >= 15 is 0 Å². The maximum absolute atomic E-state index is 12.2. The van der Waals surface area contributed by atoms with Gasteiger partial charge in [-0.15, -0.1) is 0 Å². The van der Waals surface area contributed by atoms with E-state index in [1.165, 1.54) is 36.0 Å². The first kappa shape index (κ1) is 15.5. The number of nitrogens with one attached hydrogen (secondary N) is 2. The summed E-state index contributed by atoms with van der Waals surface area (Å²) in [6.45, 7) is 2.09. The van der Waals surface area contributed by atoms with Gasteiger partial charge >= 0.3 is 6.03 Å². The number of aryl methyl sites for hydroxylation is 2. The molecule has 1 aliphatic carbocycles. The van der Waals surface area contributed by atoms with Gasteiger partial charge in [-0.3, -0.25) is 5.32 Å². The predicted octanol–water partition coefficient (Wildman–Crippen LogP) is 4.23. The van der Waals surface area contributed by atoms with Gasteiger partial charge in [0.05, 0.1) is 6.04 Å². The lowest BCUT2D eigenvalue weighted by molar-refractivity contribution is 0.248. The number of urea groups is 1. The zero-order chi connectivity index (χ0) is 16.1. The van der Waals surface area contributed by atoms with Gasteiger partial charge in [-0.05, 0) is 60.9 Å². The van der Waals surface area contributed by atoms with Crippen LogP contribution in [-0.4, -0.2) is 11.0 Å². The molecule has 2 aromatic rings. The Labute approximate surface area is 137 Å². The highest BCUT2D eigenvalue weighted by molar-refractivity contribution is 5.88. The minimum Gasteiger partial charge on any atom is -0.331 e. The van der Waals surface area contributed by atoms with E-state index in [9.17, 15) is 4.79 Å². The van der Waals surface area contributed by atoms with Crippen molar-refractivity contribution in [2.75, 3.05) is 5.32 Å². The van der Waals surface area contributed by atoms with E-state index in [0.717, 1.165) is 12.8 Å². The van der Waals surface area contributed by atoms with Crippen LogP contribution in [0.25, 0.3) is 0 Å². The molecule has 1 aliphatic rings. The largest absolute Gasteiger partial charge is 0.331 e. The van der Waals surface area contributed by atoms with Crippen molar-refractivity contribution in [3.05, 3.63) is 59.3 Å². The molecule has 4 nitrogen and oxygen atoms in total. The summed E-state index contributed by atoms with van der Waals surface area (Å²) in [6.07, 6.45) is 7.40. The van der Waals surface area contributed by atoms with Crippen LogP contribution in [-0.2, 0) is 12.8 Å². The molecule has 0 aliphatic heterocycles. The first-order valence-electron chi connectivity index (χ1n) is 8.36. The number of aromatic nitrogens is 1. The fraction of sp³-hybridized carbons (Fsp3) is 0.368. The zero-order valence-electron chi connectivity index (χ0n) is 13.5. The van der Waals surface area contributed by atoms with E-state index in [2.05, 4.69) is 40.7 Å². The van der Waals surface area contributed by atoms with Crippen LogP contribution in [0.2, 0.25) is 0 Å². The Kier molecular flexibility index (Phi) is 4.91. The van der Waals surface area contributed by atoms with Gasteiger partial charge in [-0.2, -0.15) is 0 Å². The molecular weight excluding hydrogens is 286 g/mol. The molecule has 1 heterocycles. The Morgan fingerprint density at radius 1 is 1.17 bits per heavy atom. The normalized spacial score (nSPS) is 14.7. The summed E-state index contributed by atoms with van der Waals surface area (Å²) in [5.41, 5.74) is 4.09. The van der Waals surface area contributed by atoms with Gasteiger partial charge in [0.2, 0.25) is 0 Å². The lowest BCUT2D eigenvalue weighted by atomic mass is 9.89. The summed E-state index contributed by atoms with van der Waals surface area (Å²) in [6, 6.07) is 11.9. The molecule has 1 atom stereocenters. The number of carbonyl (C=O) groups is 1. The van der Waals surface area contributed by atoms with Gasteiger partial charge < -0.3 is 5.32 Å². The number of rotatable bonds is 4. The molecule has 1 aromatic heterocycles. The summed E-state index contributed by atoms with van der Waals surface area (Å²) in [4.78, 5) is 16.3. The summed E-state index contributed by atoms with van der Waals surface area (Å²) in [7, 11) is 0. The number of anilines is 1. The molecule has 0 bridgehead atoms. The summed E-state index contributed by atoms with van der Waals surface area (Å²) >= 11 is 0. The smallest absolute Gasteiger partial charge is 0.320 e. The number of hydrogen-bond donors (Lipinski definition) is 2. The van der Waals surface area contributed by atoms with Gasteiger partial charge in [0.15, 0.2) is 0 Å². The van der Waals surface area contributed by atoms with Crippen LogP contribution in [0, 0.1) is 0 Å². The van der Waals surface area contributed by atoms with Crippen molar-refractivity contribution in [1.29, 1.82) is 0 Å². The lowest BCUT2D eigenvalue weighted by Gasteiger charge is -2.21. The minimum absolute atomic E-state index is 0.0194. The quantitative estimate of drug-likeness (QED) is 0.888. The van der Waals surface area contributed by atoms with Crippen LogP contribution >= 0.6 is 0 Å². The first-order chi connectivity index (χ1) is 11.3. The van der Waals surface area contributed by atoms with Crippen molar-refractivity contribution in [3.8, 4) is 0 Å². The number of hydrogen-bond acceptors (Lipinski definition) is 2. The topological polar surface area (TPSA) is 54.0 Å². The van der Waals surface area contributed by atoms with Crippen molar-refractivity contribution < 1.29 is 4.79 Å². The number of benzene rings is 1. The monoisotopic (exact) mass is 309 g/mol. The van der Waals surface area contributed by atoms with Crippen LogP contribution in [0.1, 0.15) is 48.9 Å². The van der Waals surface area contributed by atoms with E-state index in [1.54, 1.807) is 12.3 Å². The molecule has 1 aromatic carbocycles. The molecule has 4 heteroatoms. The van der Waals surface area contributed by atoms with Gasteiger partial charge in [-0.1, -0.05) is 31.2 Å². The fourth-order valence-corrected chi connectivity index (χ4v) is 3.14. The van der Waals surface area contributed by atoms with E-state index < -0.39 is 0 Å². The summed E-state index contributed by atoms with van der Waals surface area (Å²) in [5.74, 6) is 0.560. The molecule has 2 amide bonds. The van der Waals surface area contributed by atoms with E-state index in [0.29, 0.717) is 5.82 Å². The third kappa shape index (κ3) is 3.89. The second-order valence-corrected chi connectivity index (χ2v) is 6.01. The summed E-state index contributed by atoms with van der Waals surface area (Å²) < 4.78 is 0. The molecule has 23 heavy (non-hydrogen) atoms. The number of fused-ring (bicyclic) bond motifs is 1. The van der Waals surface area contributed by atoms with E-state index in [-0.39, 0.29) is 12.1 Å². The molecule has 1 unspecified atom stereocenters. The summed E-state index contributed by atoms with van der Waals surface area (Å²) in [5, 5.41) is 5.83. The van der Waals surface area contributed by atoms with Crippen LogP contribution in [0.5, 0.6) is 0 Å². The van der Waals surface area contributed by atoms with Crippen molar-refractivity contribution in [2.24, 2.45) is 0 Å². The maximum atomic E-state index is 12.2. The van der Waals surface area contributed by atoms with Crippen LogP contribution in [0.3, 0.4) is 0 Å². The van der Waals surface area contributed by atoms with Crippen LogP contribution in [0.4, 0.5) is 10.6 Å². The van der Waals surface area contributed by atoms with Gasteiger partial charge in [0.1, 0.15) is 5.82 Å². The Balaban J connectivity index is 1.68. The molecule has 3 rings (SSSR count). The SMILES string of the molecule is CCC(NC(=O)Nc1ccccn1)c1ccc2c(c1)CCCC2. The molecule has 0 spiro atoms. The fourth-order valence-electron chi connectivity index (χ4n) is 3.14. The predicted molar refractivity (Wildman–Crippen MR) is 92.5 cm³/mol. The highest BCUT2D eigenvalue weighted by Crippen LogP contribution is 2.26. The first-order valence-corrected chi connectivity index (χ1v) is 8.36. The number of carbonyl (C=O) groups excluding carboxylic acids is 1. The van der Waals surface area contributed by atoms with Crippen LogP contribution in [0.15, 0.2) is 42.6 Å². The lowest BCUT2D eigenvalue weighted by Crippen LogP contribution is -2.32. The van der Waals surface area contributed by atoms with Crippen molar-refractivity contribution in [1.82, 2.24) is 10.3 Å². The average molecular weight is 309 g/mol. The van der Waals surface area contributed by atoms with Crippen molar-refractivity contribution in [3.63, 3.8) is 0 Å². The number of pyridine rings is 1. The Hall–Kier alpha value is -2.36. The standard InChI is InChI=1S/C19H23N3O/c1-2-17(21-19(23)22-18-9-5-6-12-20-18)16-11-10-14-7-3-4-8-15(14)13-16/h5-6,9-13,17H,2-4,7-8H2,1H3,(H2,20,21,22,23). The molecule has 2 N–H and O–H groups in total. The van der Waals surface area contributed by atoms with Crippen molar-refractivity contribution >= 4 is 11.8 Å². The highest BCUT2D eigenvalue weighted by Gasteiger charge is 2.16. The number of amides is 2. The zero-order valence-corrected chi connectivity index (χ0v) is 13.5. The maximum Gasteiger partial charge on any atom is 0.320 e. The van der Waals surface area contributed by atoms with Gasteiger partial charge in [-0.25, -0.2) is 9.78 Å². The second-order valence-electron chi connectivity index (χ2n) is 6.01. The molecule has 120 valence electrons. The third-order valence-corrected chi connectivity index (χ3v) is 4.39. The average Bonchev–Trinajstić information content (AvgIpc) is 2.60. The highest BCUT2D eigenvalue weighted by atomic mass is 16.2. The Bertz CT molecular complexity index is 670. The minimum atomic E-state index is -0.215. The molecule has 0 fully saturated rings. The number of nitrogens with zero attached hydrogens (tertiary/aromatic N) is 1. The molecule has 0 saturated heterocycles. The molecular formula is C19H23N3O. The van der Waals surface area contributed by atoms with Crippen molar-refractivity contribution in [2.45, 2.75) is 45.1 Å². The van der Waals surface area contributed by atoms with E-state index in [1.807, 2.05) is 12.1 Å². The Morgan fingerprint density at radius 3 is 2.74 bits per heavy atom. The Morgan fingerprint density at radius 2 is 2.00 bits per heavy atom. The third-order valence-electron chi connectivity index (χ3n) is 4.39.